The van der Waals surface area contributed by atoms with E-state index in [1.807, 2.05) is 20.8 Å². The number of imidazole rings is 1. The minimum absolute atomic E-state index is 0.473. The summed E-state index contributed by atoms with van der Waals surface area (Å²) in [4.78, 5) is 5.01. The van der Waals surface area contributed by atoms with E-state index in [0.717, 1.165) is 46.9 Å². The Morgan fingerprint density at radius 3 is 2.16 bits per heavy atom. The van der Waals surface area contributed by atoms with E-state index < -0.39 is 0 Å². The van der Waals surface area contributed by atoms with Crippen LogP contribution in [0.5, 0.6) is 0 Å². The van der Waals surface area contributed by atoms with Crippen molar-refractivity contribution in [3.05, 3.63) is 115 Å². The number of hydrogen-bond acceptors (Lipinski definition) is 1. The fraction of sp³-hybridized carbons (Fsp3) is 0.361. The summed E-state index contributed by atoms with van der Waals surface area (Å²) < 4.78 is 2.29. The topological polar surface area (TPSA) is 17.8 Å². The smallest absolute Gasteiger partial charge is 0.141 e. The summed E-state index contributed by atoms with van der Waals surface area (Å²) in [6, 6.07) is 18.9. The minimum atomic E-state index is 0.473. The SMILES string of the molecule is C=C(C)C=C(C)C.CC.CC(C)C.CC=CCC1CC=CC=C1c1nc2ccccc2n1-c1ccccc1. The van der Waals surface area contributed by atoms with E-state index in [9.17, 15) is 0 Å². The van der Waals surface area contributed by atoms with E-state index in [1.54, 1.807) is 0 Å². The molecule has 0 fully saturated rings. The van der Waals surface area contributed by atoms with Crippen LogP contribution in [0.3, 0.4) is 0 Å². The van der Waals surface area contributed by atoms with E-state index in [0.29, 0.717) is 5.92 Å². The normalized spacial score (nSPS) is 13.9. The highest BCUT2D eigenvalue weighted by atomic mass is 15.1. The fourth-order valence-electron chi connectivity index (χ4n) is 4.01. The quantitative estimate of drug-likeness (QED) is 0.246. The third-order valence-electron chi connectivity index (χ3n) is 5.30. The van der Waals surface area contributed by atoms with E-state index in [-0.39, 0.29) is 0 Å². The molecule has 0 aliphatic heterocycles. The van der Waals surface area contributed by atoms with Crippen LogP contribution >= 0.6 is 0 Å². The first kappa shape index (κ1) is 32.6. The Bertz CT molecular complexity index is 1210. The number of rotatable bonds is 5. The average molecular weight is 511 g/mol. The Hall–Kier alpha value is -3.39. The van der Waals surface area contributed by atoms with E-state index in [1.165, 1.54) is 11.1 Å². The maximum Gasteiger partial charge on any atom is 0.141 e. The third-order valence-corrected chi connectivity index (χ3v) is 5.30. The molecular weight excluding hydrogens is 460 g/mol. The van der Waals surface area contributed by atoms with Crippen LogP contribution in [0.25, 0.3) is 22.3 Å². The monoisotopic (exact) mass is 510 g/mol. The molecule has 0 spiro atoms. The summed E-state index contributed by atoms with van der Waals surface area (Å²) in [6.07, 6.45) is 15.2. The van der Waals surface area contributed by atoms with Gasteiger partial charge in [0.15, 0.2) is 0 Å². The molecule has 1 aliphatic carbocycles. The molecule has 1 aliphatic rings. The van der Waals surface area contributed by atoms with E-state index in [2.05, 4.69) is 144 Å². The zero-order valence-corrected chi connectivity index (χ0v) is 25.3. The first-order valence-corrected chi connectivity index (χ1v) is 14.1. The molecule has 2 nitrogen and oxygen atoms in total. The van der Waals surface area contributed by atoms with Gasteiger partial charge in [0.1, 0.15) is 5.82 Å². The molecule has 2 aromatic carbocycles. The third kappa shape index (κ3) is 10.9. The van der Waals surface area contributed by atoms with Crippen molar-refractivity contribution in [3.63, 3.8) is 0 Å². The predicted octanol–water partition coefficient (Wildman–Crippen LogP) is 11.2. The van der Waals surface area contributed by atoms with Gasteiger partial charge < -0.3 is 0 Å². The second kappa shape index (κ2) is 18.0. The van der Waals surface area contributed by atoms with Crippen molar-refractivity contribution in [1.29, 1.82) is 0 Å². The van der Waals surface area contributed by atoms with Crippen molar-refractivity contribution < 1.29 is 0 Å². The van der Waals surface area contributed by atoms with Crippen molar-refractivity contribution >= 4 is 16.6 Å². The lowest BCUT2D eigenvalue weighted by Gasteiger charge is -2.21. The van der Waals surface area contributed by atoms with Gasteiger partial charge in [-0.3, -0.25) is 4.57 Å². The van der Waals surface area contributed by atoms with Gasteiger partial charge in [-0.05, 0) is 82.2 Å². The highest BCUT2D eigenvalue weighted by Gasteiger charge is 2.22. The molecule has 3 aromatic rings. The molecule has 0 bridgehead atoms. The Balaban J connectivity index is 0.000000468. The zero-order valence-electron chi connectivity index (χ0n) is 25.3. The Labute approximate surface area is 233 Å². The average Bonchev–Trinajstić information content (AvgIpc) is 3.28. The van der Waals surface area contributed by atoms with Gasteiger partial charge in [-0.15, -0.1) is 0 Å². The summed E-state index contributed by atoms with van der Waals surface area (Å²) in [6.45, 7) is 22.4. The van der Waals surface area contributed by atoms with Crippen LogP contribution in [0.4, 0.5) is 0 Å². The molecule has 204 valence electrons. The van der Waals surface area contributed by atoms with Crippen LogP contribution in [0.15, 0.2) is 109 Å². The van der Waals surface area contributed by atoms with Gasteiger partial charge in [0.05, 0.1) is 11.0 Å². The van der Waals surface area contributed by atoms with Crippen LogP contribution in [0.1, 0.15) is 81.0 Å². The van der Waals surface area contributed by atoms with Gasteiger partial charge >= 0.3 is 0 Å². The minimum Gasteiger partial charge on any atom is -0.293 e. The molecule has 38 heavy (non-hydrogen) atoms. The summed E-state index contributed by atoms with van der Waals surface area (Å²) >= 11 is 0. The van der Waals surface area contributed by atoms with Crippen molar-refractivity contribution in [2.24, 2.45) is 11.8 Å². The van der Waals surface area contributed by atoms with Crippen LogP contribution in [-0.4, -0.2) is 9.55 Å². The van der Waals surface area contributed by atoms with Crippen LogP contribution < -0.4 is 0 Å². The lowest BCUT2D eigenvalue weighted by atomic mass is 9.88. The summed E-state index contributed by atoms with van der Waals surface area (Å²) in [5.74, 6) is 2.37. The van der Waals surface area contributed by atoms with Gasteiger partial charge in [0.25, 0.3) is 0 Å². The molecule has 1 heterocycles. The Morgan fingerprint density at radius 2 is 1.61 bits per heavy atom. The van der Waals surface area contributed by atoms with Gasteiger partial charge in [-0.2, -0.15) is 0 Å². The number of aromatic nitrogens is 2. The molecule has 0 saturated carbocycles. The molecular formula is C36H50N2. The standard InChI is InChI=1S/C23H22N2.C7H12.C4H10.C2H6/c1-2-3-11-18-12-7-8-15-20(18)23-24-21-16-9-10-17-22(21)25(23)19-13-5-4-6-14-19;1-6(2)5-7(3)4;1-4(2)3;1-2/h2-10,13-18H,11-12H2,1H3;5H,1H2,2-4H3;4H,1-3H3;1-2H3. The maximum atomic E-state index is 5.01. The number of para-hydroxylation sites is 3. The molecule has 0 N–H and O–H groups in total. The number of nitrogens with zero attached hydrogens (tertiary/aromatic N) is 2. The number of hydrogen-bond donors (Lipinski definition) is 0. The van der Waals surface area contributed by atoms with Crippen molar-refractivity contribution in [2.45, 2.75) is 75.2 Å². The molecule has 0 amide bonds. The number of fused-ring (bicyclic) bond motifs is 1. The first-order chi connectivity index (χ1) is 18.2. The fourth-order valence-corrected chi connectivity index (χ4v) is 4.01. The molecule has 4 rings (SSSR count). The molecule has 0 saturated heterocycles. The van der Waals surface area contributed by atoms with Crippen molar-refractivity contribution in [2.75, 3.05) is 0 Å². The van der Waals surface area contributed by atoms with Gasteiger partial charge in [-0.25, -0.2) is 4.98 Å². The highest BCUT2D eigenvalue weighted by Crippen LogP contribution is 2.35. The second-order valence-corrected chi connectivity index (χ2v) is 10.2. The second-order valence-electron chi connectivity index (χ2n) is 10.2. The molecule has 0 radical (unpaired) electrons. The highest BCUT2D eigenvalue weighted by molar-refractivity contribution is 5.83. The molecule has 1 atom stereocenters. The summed E-state index contributed by atoms with van der Waals surface area (Å²) in [5, 5.41) is 0. The Kier molecular flexibility index (Phi) is 15.4. The van der Waals surface area contributed by atoms with Crippen molar-refractivity contribution in [3.8, 4) is 5.69 Å². The number of allylic oxidation sites excluding steroid dienone is 9. The Morgan fingerprint density at radius 1 is 1.00 bits per heavy atom. The lowest BCUT2D eigenvalue weighted by molar-refractivity contribution is 0.680. The predicted molar refractivity (Wildman–Crippen MR) is 172 cm³/mol. The van der Waals surface area contributed by atoms with Crippen LogP contribution in [0.2, 0.25) is 0 Å². The van der Waals surface area contributed by atoms with Gasteiger partial charge in [0.2, 0.25) is 0 Å². The van der Waals surface area contributed by atoms with Gasteiger partial charge in [0, 0.05) is 5.69 Å². The van der Waals surface area contributed by atoms with Crippen LogP contribution in [0, 0.1) is 11.8 Å². The van der Waals surface area contributed by atoms with E-state index in [4.69, 9.17) is 4.98 Å². The largest absolute Gasteiger partial charge is 0.293 e. The summed E-state index contributed by atoms with van der Waals surface area (Å²) in [5.41, 5.74) is 7.12. The molecule has 1 aromatic heterocycles. The zero-order chi connectivity index (χ0) is 28.5. The maximum absolute atomic E-state index is 5.01. The van der Waals surface area contributed by atoms with Crippen LogP contribution in [-0.2, 0) is 0 Å². The van der Waals surface area contributed by atoms with E-state index >= 15 is 0 Å². The lowest BCUT2D eigenvalue weighted by Crippen LogP contribution is -2.10. The van der Waals surface area contributed by atoms with Crippen molar-refractivity contribution in [1.82, 2.24) is 9.55 Å². The number of benzene rings is 2. The molecule has 2 heteroatoms. The summed E-state index contributed by atoms with van der Waals surface area (Å²) in [7, 11) is 0. The molecule has 1 unspecified atom stereocenters. The first-order valence-electron chi connectivity index (χ1n) is 14.1. The van der Waals surface area contributed by atoms with Gasteiger partial charge in [-0.1, -0.05) is 119 Å².